The fraction of sp³-hybridized carbons (Fsp3) is 0.400. The Balaban J connectivity index is 1.27. The zero-order chi connectivity index (χ0) is 26.9. The van der Waals surface area contributed by atoms with Crippen LogP contribution in [0.5, 0.6) is 0 Å². The van der Waals surface area contributed by atoms with Gasteiger partial charge in [-0.25, -0.2) is 19.5 Å². The zero-order valence-electron chi connectivity index (χ0n) is 20.2. The topological polar surface area (TPSA) is 154 Å². The second-order valence-corrected chi connectivity index (χ2v) is 11.7. The highest BCUT2D eigenvalue weighted by molar-refractivity contribution is 7.84. The maximum Gasteiger partial charge on any atom is 0.333 e. The fourth-order valence-corrected chi connectivity index (χ4v) is 6.29. The van der Waals surface area contributed by atoms with Gasteiger partial charge in [0.1, 0.15) is 24.1 Å². The lowest BCUT2D eigenvalue weighted by molar-refractivity contribution is 0.0698. The Morgan fingerprint density at radius 2 is 2.16 bits per heavy atom. The van der Waals surface area contributed by atoms with Crippen molar-refractivity contribution < 1.29 is 31.6 Å². The van der Waals surface area contributed by atoms with Crippen LogP contribution in [0, 0.1) is 17.7 Å². The van der Waals surface area contributed by atoms with Crippen molar-refractivity contribution in [2.45, 2.75) is 31.5 Å². The third-order valence-electron chi connectivity index (χ3n) is 6.91. The predicted octanol–water partition coefficient (Wildman–Crippen LogP) is 2.59. The van der Waals surface area contributed by atoms with Gasteiger partial charge in [-0.2, -0.15) is 8.42 Å². The Bertz CT molecular complexity index is 1430. The molecule has 3 aromatic rings. The molecule has 2 aromatic heterocycles. The Morgan fingerprint density at radius 3 is 2.97 bits per heavy atom. The van der Waals surface area contributed by atoms with Crippen LogP contribution in [0.15, 0.2) is 42.2 Å². The average Bonchev–Trinajstić information content (AvgIpc) is 3.52. The summed E-state index contributed by atoms with van der Waals surface area (Å²) in [5.74, 6) is -0.586. The molecule has 0 saturated heterocycles. The molecule has 4 atom stereocenters. The van der Waals surface area contributed by atoms with E-state index in [1.807, 2.05) is 5.38 Å². The van der Waals surface area contributed by atoms with E-state index in [1.165, 1.54) is 36.0 Å². The van der Waals surface area contributed by atoms with Crippen molar-refractivity contribution in [3.63, 3.8) is 0 Å². The summed E-state index contributed by atoms with van der Waals surface area (Å²) in [6.07, 6.45) is 3.29. The molecule has 1 aliphatic heterocycles. The summed E-state index contributed by atoms with van der Waals surface area (Å²) in [4.78, 5) is 22.1. The Hall–Kier alpha value is -2.81. The fourth-order valence-electron chi connectivity index (χ4n) is 5.05. The maximum absolute atomic E-state index is 13.9. The normalized spacial score (nSPS) is 23.2. The van der Waals surface area contributed by atoms with E-state index in [0.29, 0.717) is 48.7 Å². The first kappa shape index (κ1) is 26.8. The number of hydrogen-bond donors (Lipinski definition) is 3. The van der Waals surface area contributed by atoms with Crippen molar-refractivity contribution in [2.24, 2.45) is 17.0 Å². The molecular weight excluding hydrogens is 535 g/mol. The highest BCUT2D eigenvalue weighted by Crippen LogP contribution is 2.36. The molecule has 0 bridgehead atoms. The number of benzene rings is 1. The van der Waals surface area contributed by atoms with E-state index in [-0.39, 0.29) is 30.0 Å². The first-order chi connectivity index (χ1) is 18.2. The van der Waals surface area contributed by atoms with Gasteiger partial charge >= 0.3 is 10.3 Å². The molecule has 10 nitrogen and oxygen atoms in total. The summed E-state index contributed by atoms with van der Waals surface area (Å²) in [5, 5.41) is 20.2. The minimum atomic E-state index is -4.08. The SMILES string of the molecule is NS(=O)(=O)OC[C@H]1C[C@@H](CNc2ncncc2C(=O)c2cc(C3OCCc4ccc(F)cc43)cs2)C[C@@H]1O. The summed E-state index contributed by atoms with van der Waals surface area (Å²) in [5.41, 5.74) is 2.87. The van der Waals surface area contributed by atoms with Crippen molar-refractivity contribution in [1.82, 2.24) is 9.97 Å². The van der Waals surface area contributed by atoms with Gasteiger partial charge < -0.3 is 15.2 Å². The van der Waals surface area contributed by atoms with E-state index >= 15 is 0 Å². The summed E-state index contributed by atoms with van der Waals surface area (Å²) in [6, 6.07) is 6.46. The van der Waals surface area contributed by atoms with Gasteiger partial charge in [0.05, 0.1) is 29.8 Å². The zero-order valence-corrected chi connectivity index (χ0v) is 21.9. The van der Waals surface area contributed by atoms with Crippen LogP contribution in [-0.2, 0) is 25.6 Å². The highest BCUT2D eigenvalue weighted by Gasteiger charge is 2.34. The van der Waals surface area contributed by atoms with E-state index in [2.05, 4.69) is 19.5 Å². The quantitative estimate of drug-likeness (QED) is 0.334. The molecule has 0 radical (unpaired) electrons. The molecule has 1 aliphatic carbocycles. The van der Waals surface area contributed by atoms with Gasteiger partial charge in [-0.05, 0) is 65.4 Å². The molecule has 38 heavy (non-hydrogen) atoms. The Kier molecular flexibility index (Phi) is 7.84. The third-order valence-corrected chi connectivity index (χ3v) is 8.32. The number of fused-ring (bicyclic) bond motifs is 1. The van der Waals surface area contributed by atoms with Crippen molar-refractivity contribution >= 4 is 33.2 Å². The maximum atomic E-state index is 13.9. The lowest BCUT2D eigenvalue weighted by Crippen LogP contribution is -2.24. The summed E-state index contributed by atoms with van der Waals surface area (Å²) in [7, 11) is -4.08. The molecule has 1 unspecified atom stereocenters. The van der Waals surface area contributed by atoms with Gasteiger partial charge in [-0.3, -0.25) is 8.98 Å². The molecule has 13 heteroatoms. The van der Waals surface area contributed by atoms with Crippen LogP contribution in [0.3, 0.4) is 0 Å². The number of ether oxygens (including phenoxy) is 1. The molecule has 0 amide bonds. The molecule has 202 valence electrons. The monoisotopic (exact) mass is 562 g/mol. The standard InChI is InChI=1S/C25H27FN4O6S2/c26-18-2-1-15-3-4-35-24(19(15)8-18)17-7-22(37-12-17)23(32)20-10-28-13-30-25(20)29-9-14-5-16(21(31)6-14)11-36-38(27,33)34/h1-2,7-8,10,12-14,16,21,24,31H,3-6,9,11H2,(H2,27,33,34)(H,28,29,30)/t14-,16-,21+,24?/m1/s1. The van der Waals surface area contributed by atoms with Gasteiger partial charge in [0.15, 0.2) is 0 Å². The molecular formula is C25H27FN4O6S2. The Labute approximate surface area is 223 Å². The number of aliphatic hydroxyl groups excluding tert-OH is 1. The van der Waals surface area contributed by atoms with Gasteiger partial charge in [-0.1, -0.05) is 6.07 Å². The van der Waals surface area contributed by atoms with Crippen LogP contribution < -0.4 is 10.5 Å². The van der Waals surface area contributed by atoms with Gasteiger partial charge in [-0.15, -0.1) is 11.3 Å². The van der Waals surface area contributed by atoms with Gasteiger partial charge in [0.25, 0.3) is 0 Å². The van der Waals surface area contributed by atoms with Crippen molar-refractivity contribution in [3.05, 3.63) is 75.1 Å². The number of nitrogens with one attached hydrogen (secondary N) is 1. The number of carbonyl (C=O) groups is 1. The number of hydrogen-bond acceptors (Lipinski definition) is 10. The van der Waals surface area contributed by atoms with E-state index in [0.717, 1.165) is 16.7 Å². The lowest BCUT2D eigenvalue weighted by Gasteiger charge is -2.25. The second-order valence-electron chi connectivity index (χ2n) is 9.53. The molecule has 2 aliphatic rings. The second kappa shape index (κ2) is 11.1. The summed E-state index contributed by atoms with van der Waals surface area (Å²) in [6.45, 7) is 0.734. The minimum absolute atomic E-state index is 0.00857. The van der Waals surface area contributed by atoms with Crippen LogP contribution in [0.4, 0.5) is 10.2 Å². The summed E-state index contributed by atoms with van der Waals surface area (Å²) >= 11 is 1.27. The largest absolute Gasteiger partial charge is 0.393 e. The molecule has 0 spiro atoms. The van der Waals surface area contributed by atoms with Gasteiger partial charge in [0.2, 0.25) is 5.78 Å². The van der Waals surface area contributed by atoms with Crippen molar-refractivity contribution in [1.29, 1.82) is 0 Å². The lowest BCUT2D eigenvalue weighted by atomic mass is 9.94. The van der Waals surface area contributed by atoms with E-state index < -0.39 is 22.5 Å². The Morgan fingerprint density at radius 1 is 1.32 bits per heavy atom. The van der Waals surface area contributed by atoms with E-state index in [9.17, 15) is 22.7 Å². The molecule has 1 saturated carbocycles. The number of nitrogens with zero attached hydrogens (tertiary/aromatic N) is 2. The van der Waals surface area contributed by atoms with Crippen LogP contribution in [-0.4, -0.2) is 55.1 Å². The van der Waals surface area contributed by atoms with Crippen LogP contribution in [0.1, 0.15) is 50.9 Å². The minimum Gasteiger partial charge on any atom is -0.393 e. The van der Waals surface area contributed by atoms with E-state index in [1.54, 1.807) is 12.1 Å². The number of aliphatic hydroxyl groups is 1. The number of nitrogens with two attached hydrogens (primary N) is 1. The molecule has 3 heterocycles. The third kappa shape index (κ3) is 6.08. The average molecular weight is 563 g/mol. The van der Waals surface area contributed by atoms with Crippen molar-refractivity contribution in [2.75, 3.05) is 25.1 Å². The molecule has 4 N–H and O–H groups in total. The number of ketones is 1. The number of thiophene rings is 1. The first-order valence-corrected chi connectivity index (χ1v) is 14.4. The first-order valence-electron chi connectivity index (χ1n) is 12.1. The molecule has 1 fully saturated rings. The molecule has 5 rings (SSSR count). The number of aromatic nitrogens is 2. The molecule has 1 aromatic carbocycles. The number of halogens is 1. The summed E-state index contributed by atoms with van der Waals surface area (Å²) < 4.78 is 46.6. The highest BCUT2D eigenvalue weighted by atomic mass is 32.2. The van der Waals surface area contributed by atoms with Crippen molar-refractivity contribution in [3.8, 4) is 0 Å². The number of rotatable bonds is 9. The van der Waals surface area contributed by atoms with E-state index in [4.69, 9.17) is 9.88 Å². The smallest absolute Gasteiger partial charge is 0.333 e. The van der Waals surface area contributed by atoms with Crippen LogP contribution >= 0.6 is 11.3 Å². The number of carbonyl (C=O) groups excluding carboxylic acids is 1. The van der Waals surface area contributed by atoms with Crippen LogP contribution in [0.2, 0.25) is 0 Å². The van der Waals surface area contributed by atoms with Gasteiger partial charge in [0, 0.05) is 18.7 Å². The number of anilines is 1. The predicted molar refractivity (Wildman–Crippen MR) is 137 cm³/mol. The van der Waals surface area contributed by atoms with Crippen LogP contribution in [0.25, 0.3) is 0 Å².